The number of nitrogens with zero attached hydrogens (tertiary/aromatic N) is 2. The number of benzene rings is 2. The predicted octanol–water partition coefficient (Wildman–Crippen LogP) is 4.64. The first kappa shape index (κ1) is 22.7. The molecule has 1 heterocycles. The number of hydrogen-bond acceptors (Lipinski definition) is 4. The largest absolute Gasteiger partial charge is 0.497 e. The standard InChI is InChI=1S/C26H27N3O3/c1-17-7-6-8-23(11-17)29-18(2)12-21(19(29)3)13-22(15-27)26(30)28-16-20-9-10-24(31-4)14-25(20)32-5/h6-14H,16H2,1-5H3,(H,28,30)/b22-13+. The van der Waals surface area contributed by atoms with E-state index in [-0.39, 0.29) is 12.1 Å². The van der Waals surface area contributed by atoms with Crippen molar-refractivity contribution in [3.8, 4) is 23.3 Å². The molecule has 2 aromatic carbocycles. The van der Waals surface area contributed by atoms with Gasteiger partial charge in [0.1, 0.15) is 23.1 Å². The van der Waals surface area contributed by atoms with Gasteiger partial charge in [0.05, 0.1) is 14.2 Å². The number of carbonyl (C=O) groups excluding carboxylic acids is 1. The van der Waals surface area contributed by atoms with Crippen LogP contribution in [0, 0.1) is 32.1 Å². The highest BCUT2D eigenvalue weighted by Crippen LogP contribution is 2.25. The van der Waals surface area contributed by atoms with Gasteiger partial charge in [-0.3, -0.25) is 4.79 Å². The van der Waals surface area contributed by atoms with Gasteiger partial charge in [0.2, 0.25) is 0 Å². The zero-order valence-corrected chi connectivity index (χ0v) is 19.0. The molecular weight excluding hydrogens is 402 g/mol. The van der Waals surface area contributed by atoms with Crippen LogP contribution in [0.15, 0.2) is 54.1 Å². The topological polar surface area (TPSA) is 76.3 Å². The van der Waals surface area contributed by atoms with Gasteiger partial charge in [0.15, 0.2) is 0 Å². The lowest BCUT2D eigenvalue weighted by Gasteiger charge is -2.11. The fourth-order valence-corrected chi connectivity index (χ4v) is 3.67. The van der Waals surface area contributed by atoms with Crippen LogP contribution in [-0.4, -0.2) is 24.7 Å². The molecule has 0 unspecified atom stereocenters. The van der Waals surface area contributed by atoms with Crippen LogP contribution in [0.3, 0.4) is 0 Å². The van der Waals surface area contributed by atoms with E-state index in [2.05, 4.69) is 28.9 Å². The van der Waals surface area contributed by atoms with E-state index in [0.29, 0.717) is 11.5 Å². The summed E-state index contributed by atoms with van der Waals surface area (Å²) in [7, 11) is 3.14. The van der Waals surface area contributed by atoms with Crippen LogP contribution >= 0.6 is 0 Å². The van der Waals surface area contributed by atoms with E-state index in [1.807, 2.05) is 44.2 Å². The van der Waals surface area contributed by atoms with Crippen LogP contribution in [0.4, 0.5) is 0 Å². The maximum absolute atomic E-state index is 12.7. The van der Waals surface area contributed by atoms with Crippen molar-refractivity contribution in [1.82, 2.24) is 9.88 Å². The molecular formula is C26H27N3O3. The summed E-state index contributed by atoms with van der Waals surface area (Å²) in [5.74, 6) is 0.832. The van der Waals surface area contributed by atoms with Gasteiger partial charge < -0.3 is 19.4 Å². The number of ether oxygens (including phenoxy) is 2. The second kappa shape index (κ2) is 9.88. The number of carbonyl (C=O) groups is 1. The fraction of sp³-hybridized carbons (Fsp3) is 0.231. The normalized spacial score (nSPS) is 11.1. The van der Waals surface area contributed by atoms with Gasteiger partial charge in [-0.25, -0.2) is 0 Å². The van der Waals surface area contributed by atoms with Crippen molar-refractivity contribution >= 4 is 12.0 Å². The number of aryl methyl sites for hydroxylation is 2. The maximum atomic E-state index is 12.7. The summed E-state index contributed by atoms with van der Waals surface area (Å²) in [5, 5.41) is 12.4. The summed E-state index contributed by atoms with van der Waals surface area (Å²) in [6, 6.07) is 17.6. The second-order valence-corrected chi connectivity index (χ2v) is 7.53. The molecule has 0 radical (unpaired) electrons. The molecule has 0 saturated carbocycles. The Morgan fingerprint density at radius 3 is 2.53 bits per heavy atom. The zero-order chi connectivity index (χ0) is 23.3. The molecule has 0 bridgehead atoms. The van der Waals surface area contributed by atoms with Crippen LogP contribution in [-0.2, 0) is 11.3 Å². The first-order valence-corrected chi connectivity index (χ1v) is 10.2. The number of aromatic nitrogens is 1. The van der Waals surface area contributed by atoms with Gasteiger partial charge in [-0.2, -0.15) is 5.26 Å². The minimum atomic E-state index is -0.439. The van der Waals surface area contributed by atoms with Gasteiger partial charge in [-0.05, 0) is 68.3 Å². The number of nitriles is 1. The van der Waals surface area contributed by atoms with Gasteiger partial charge in [-0.1, -0.05) is 12.1 Å². The third-order valence-corrected chi connectivity index (χ3v) is 5.33. The third kappa shape index (κ3) is 4.84. The number of methoxy groups -OCH3 is 2. The number of nitrogens with one attached hydrogen (secondary N) is 1. The summed E-state index contributed by atoms with van der Waals surface area (Å²) in [6.45, 7) is 6.27. The van der Waals surface area contributed by atoms with E-state index in [4.69, 9.17) is 9.47 Å². The molecule has 0 atom stereocenters. The van der Waals surface area contributed by atoms with Crippen LogP contribution in [0.25, 0.3) is 11.8 Å². The Morgan fingerprint density at radius 2 is 1.88 bits per heavy atom. The molecule has 0 fully saturated rings. The van der Waals surface area contributed by atoms with E-state index in [0.717, 1.165) is 33.8 Å². The van der Waals surface area contributed by atoms with Crippen molar-refractivity contribution in [1.29, 1.82) is 5.26 Å². The minimum absolute atomic E-state index is 0.0435. The summed E-state index contributed by atoms with van der Waals surface area (Å²) < 4.78 is 12.7. The van der Waals surface area contributed by atoms with E-state index in [9.17, 15) is 10.1 Å². The fourth-order valence-electron chi connectivity index (χ4n) is 3.67. The lowest BCUT2D eigenvalue weighted by molar-refractivity contribution is -0.117. The molecule has 3 aromatic rings. The van der Waals surface area contributed by atoms with Crippen LogP contribution in [0.2, 0.25) is 0 Å². The zero-order valence-electron chi connectivity index (χ0n) is 19.0. The van der Waals surface area contributed by atoms with Crippen molar-refractivity contribution in [2.45, 2.75) is 27.3 Å². The van der Waals surface area contributed by atoms with Crippen LogP contribution in [0.1, 0.15) is 28.1 Å². The molecule has 0 aliphatic carbocycles. The molecule has 6 nitrogen and oxygen atoms in total. The average molecular weight is 430 g/mol. The Balaban J connectivity index is 1.83. The summed E-state index contributed by atoms with van der Waals surface area (Å²) in [6.07, 6.45) is 1.63. The quantitative estimate of drug-likeness (QED) is 0.438. The number of amides is 1. The smallest absolute Gasteiger partial charge is 0.262 e. The molecule has 164 valence electrons. The molecule has 3 rings (SSSR count). The monoisotopic (exact) mass is 429 g/mol. The Morgan fingerprint density at radius 1 is 1.09 bits per heavy atom. The third-order valence-electron chi connectivity index (χ3n) is 5.33. The molecule has 6 heteroatoms. The highest BCUT2D eigenvalue weighted by atomic mass is 16.5. The van der Waals surface area contributed by atoms with Gasteiger partial charge in [0, 0.05) is 35.2 Å². The summed E-state index contributed by atoms with van der Waals surface area (Å²) in [4.78, 5) is 12.7. The maximum Gasteiger partial charge on any atom is 0.262 e. The molecule has 0 spiro atoms. The van der Waals surface area contributed by atoms with E-state index < -0.39 is 5.91 Å². The summed E-state index contributed by atoms with van der Waals surface area (Å²) in [5.41, 5.74) is 5.87. The molecule has 1 N–H and O–H groups in total. The molecule has 32 heavy (non-hydrogen) atoms. The molecule has 0 saturated heterocycles. The Kier molecular flexibility index (Phi) is 7.01. The Labute approximate surface area is 188 Å². The lowest BCUT2D eigenvalue weighted by atomic mass is 10.1. The van der Waals surface area contributed by atoms with E-state index in [1.165, 1.54) is 0 Å². The SMILES string of the molecule is COc1ccc(CNC(=O)/C(C#N)=C/c2cc(C)n(-c3cccc(C)c3)c2C)c(OC)c1. The highest BCUT2D eigenvalue weighted by molar-refractivity contribution is 6.01. The van der Waals surface area contributed by atoms with Crippen LogP contribution < -0.4 is 14.8 Å². The Bertz CT molecular complexity index is 1220. The van der Waals surface area contributed by atoms with Crippen molar-refractivity contribution in [3.05, 3.63) is 82.2 Å². The predicted molar refractivity (Wildman–Crippen MR) is 125 cm³/mol. The van der Waals surface area contributed by atoms with Crippen molar-refractivity contribution < 1.29 is 14.3 Å². The first-order chi connectivity index (χ1) is 15.4. The van der Waals surface area contributed by atoms with Crippen LogP contribution in [0.5, 0.6) is 11.5 Å². The average Bonchev–Trinajstić information content (AvgIpc) is 3.08. The van der Waals surface area contributed by atoms with Crippen molar-refractivity contribution in [2.75, 3.05) is 14.2 Å². The van der Waals surface area contributed by atoms with Gasteiger partial charge in [-0.15, -0.1) is 0 Å². The van der Waals surface area contributed by atoms with E-state index in [1.54, 1.807) is 32.4 Å². The first-order valence-electron chi connectivity index (χ1n) is 10.2. The second-order valence-electron chi connectivity index (χ2n) is 7.53. The molecule has 0 aliphatic rings. The van der Waals surface area contributed by atoms with Gasteiger partial charge >= 0.3 is 0 Å². The minimum Gasteiger partial charge on any atom is -0.497 e. The molecule has 1 aromatic heterocycles. The summed E-state index contributed by atoms with van der Waals surface area (Å²) >= 11 is 0. The van der Waals surface area contributed by atoms with Crippen molar-refractivity contribution in [3.63, 3.8) is 0 Å². The Hall–Kier alpha value is -3.98. The van der Waals surface area contributed by atoms with Crippen molar-refractivity contribution in [2.24, 2.45) is 0 Å². The van der Waals surface area contributed by atoms with Gasteiger partial charge in [0.25, 0.3) is 5.91 Å². The van der Waals surface area contributed by atoms with E-state index >= 15 is 0 Å². The molecule has 0 aliphatic heterocycles. The highest BCUT2D eigenvalue weighted by Gasteiger charge is 2.15. The number of hydrogen-bond donors (Lipinski definition) is 1. The molecule has 1 amide bonds. The number of rotatable bonds is 7. The lowest BCUT2D eigenvalue weighted by Crippen LogP contribution is -2.24.